The topological polar surface area (TPSA) is 21.3 Å². The third-order valence-corrected chi connectivity index (χ3v) is 3.89. The van der Waals surface area contributed by atoms with Crippen LogP contribution in [0.4, 0.5) is 0 Å². The fourth-order valence-corrected chi connectivity index (χ4v) is 2.94. The van der Waals surface area contributed by atoms with Crippen molar-refractivity contribution in [2.45, 2.75) is 32.3 Å². The monoisotopic (exact) mass is 233 g/mol. The Kier molecular flexibility index (Phi) is 4.57. The van der Waals surface area contributed by atoms with Crippen molar-refractivity contribution in [2.75, 3.05) is 20.2 Å². The number of rotatable bonds is 4. The van der Waals surface area contributed by atoms with Crippen LogP contribution < -0.4 is 5.32 Å². The first-order valence-electron chi connectivity index (χ1n) is 6.64. The molecule has 0 bridgehead atoms. The summed E-state index contributed by atoms with van der Waals surface area (Å²) in [4.78, 5) is 0. The van der Waals surface area contributed by atoms with Crippen LogP contribution in [0.25, 0.3) is 0 Å². The molecule has 1 N–H and O–H groups in total. The van der Waals surface area contributed by atoms with Gasteiger partial charge >= 0.3 is 0 Å². The molecule has 0 radical (unpaired) electrons. The van der Waals surface area contributed by atoms with E-state index in [4.69, 9.17) is 4.74 Å². The summed E-state index contributed by atoms with van der Waals surface area (Å²) in [7, 11) is 1.77. The zero-order valence-corrected chi connectivity index (χ0v) is 10.9. The molecule has 1 heterocycles. The van der Waals surface area contributed by atoms with Crippen LogP contribution in [0.3, 0.4) is 0 Å². The number of ether oxygens (including phenoxy) is 1. The molecule has 0 aromatic heterocycles. The second kappa shape index (κ2) is 6.18. The summed E-state index contributed by atoms with van der Waals surface area (Å²) in [5.41, 5.74) is 2.86. The first-order valence-corrected chi connectivity index (χ1v) is 6.64. The largest absolute Gasteiger partial charge is 0.380 e. The zero-order chi connectivity index (χ0) is 12.1. The van der Waals surface area contributed by atoms with Gasteiger partial charge in [0.05, 0.1) is 6.61 Å². The van der Waals surface area contributed by atoms with E-state index in [1.165, 1.54) is 24.0 Å². The summed E-state index contributed by atoms with van der Waals surface area (Å²) in [5.74, 6) is 1.47. The minimum absolute atomic E-state index is 0.701. The Labute approximate surface area is 104 Å². The van der Waals surface area contributed by atoms with Crippen molar-refractivity contribution >= 4 is 0 Å². The molecule has 0 spiro atoms. The summed E-state index contributed by atoms with van der Waals surface area (Å²) in [5, 5.41) is 3.51. The van der Waals surface area contributed by atoms with E-state index >= 15 is 0 Å². The molecule has 0 amide bonds. The van der Waals surface area contributed by atoms with Gasteiger partial charge in [0.1, 0.15) is 0 Å². The molecule has 2 unspecified atom stereocenters. The average Bonchev–Trinajstić information content (AvgIpc) is 2.40. The van der Waals surface area contributed by atoms with Crippen LogP contribution in [-0.4, -0.2) is 20.2 Å². The van der Waals surface area contributed by atoms with Crippen molar-refractivity contribution < 1.29 is 4.74 Å². The number of benzene rings is 1. The zero-order valence-electron chi connectivity index (χ0n) is 10.9. The van der Waals surface area contributed by atoms with E-state index in [0.29, 0.717) is 5.92 Å². The predicted molar refractivity (Wildman–Crippen MR) is 71.2 cm³/mol. The van der Waals surface area contributed by atoms with Crippen LogP contribution in [0.1, 0.15) is 36.8 Å². The lowest BCUT2D eigenvalue weighted by atomic mass is 9.78. The molecule has 0 saturated carbocycles. The molecule has 2 rings (SSSR count). The van der Waals surface area contributed by atoms with Gasteiger partial charge in [0.25, 0.3) is 0 Å². The van der Waals surface area contributed by atoms with E-state index in [9.17, 15) is 0 Å². The van der Waals surface area contributed by atoms with Crippen LogP contribution in [-0.2, 0) is 11.3 Å². The fraction of sp³-hybridized carbons (Fsp3) is 0.600. The minimum atomic E-state index is 0.701. The van der Waals surface area contributed by atoms with Gasteiger partial charge in [-0.3, -0.25) is 0 Å². The summed E-state index contributed by atoms with van der Waals surface area (Å²) >= 11 is 0. The van der Waals surface area contributed by atoms with Gasteiger partial charge < -0.3 is 10.1 Å². The van der Waals surface area contributed by atoms with Crippen molar-refractivity contribution in [1.82, 2.24) is 5.32 Å². The van der Waals surface area contributed by atoms with Crippen LogP contribution in [0.2, 0.25) is 0 Å². The van der Waals surface area contributed by atoms with Crippen molar-refractivity contribution in [3.05, 3.63) is 35.4 Å². The normalized spacial score (nSPS) is 24.8. The molecule has 2 atom stereocenters. The highest BCUT2D eigenvalue weighted by molar-refractivity contribution is 5.31. The molecule has 2 nitrogen and oxygen atoms in total. The van der Waals surface area contributed by atoms with E-state index in [1.54, 1.807) is 7.11 Å². The SMILES string of the molecule is CCC1CNCCC1c1ccccc1COC. The Morgan fingerprint density at radius 3 is 2.94 bits per heavy atom. The summed E-state index contributed by atoms with van der Waals surface area (Å²) in [6.07, 6.45) is 2.50. The molecule has 1 saturated heterocycles. The van der Waals surface area contributed by atoms with Gasteiger partial charge in [0.2, 0.25) is 0 Å². The lowest BCUT2D eigenvalue weighted by molar-refractivity contribution is 0.182. The summed E-state index contributed by atoms with van der Waals surface area (Å²) in [6.45, 7) is 5.32. The maximum atomic E-state index is 5.31. The molecule has 1 aliphatic heterocycles. The molecule has 1 aromatic rings. The van der Waals surface area contributed by atoms with Gasteiger partial charge in [0.15, 0.2) is 0 Å². The Balaban J connectivity index is 2.24. The number of nitrogens with one attached hydrogen (secondary N) is 1. The smallest absolute Gasteiger partial charge is 0.0715 e. The number of hydrogen-bond donors (Lipinski definition) is 1. The molecule has 0 aliphatic carbocycles. The molecular formula is C15H23NO. The highest BCUT2D eigenvalue weighted by Gasteiger charge is 2.26. The predicted octanol–water partition coefficient (Wildman–Crippen LogP) is 2.94. The van der Waals surface area contributed by atoms with E-state index in [-0.39, 0.29) is 0 Å². The van der Waals surface area contributed by atoms with Crippen LogP contribution in [0, 0.1) is 5.92 Å². The number of piperidine rings is 1. The standard InChI is InChI=1S/C15H23NO/c1-3-12-10-16-9-8-15(12)14-7-5-4-6-13(14)11-17-2/h4-7,12,15-16H,3,8-11H2,1-2H3. The molecule has 1 aromatic carbocycles. The Bertz CT molecular complexity index is 351. The molecular weight excluding hydrogens is 210 g/mol. The van der Waals surface area contributed by atoms with Gasteiger partial charge in [-0.15, -0.1) is 0 Å². The molecule has 17 heavy (non-hydrogen) atoms. The van der Waals surface area contributed by atoms with Gasteiger partial charge in [0, 0.05) is 7.11 Å². The van der Waals surface area contributed by atoms with Crippen molar-refractivity contribution in [2.24, 2.45) is 5.92 Å². The lowest BCUT2D eigenvalue weighted by Gasteiger charge is -2.33. The molecule has 94 valence electrons. The fourth-order valence-electron chi connectivity index (χ4n) is 2.94. The van der Waals surface area contributed by atoms with E-state index < -0.39 is 0 Å². The van der Waals surface area contributed by atoms with Crippen LogP contribution in [0.5, 0.6) is 0 Å². The van der Waals surface area contributed by atoms with Gasteiger partial charge in [-0.1, -0.05) is 37.6 Å². The summed E-state index contributed by atoms with van der Waals surface area (Å²) in [6, 6.07) is 8.75. The Morgan fingerprint density at radius 2 is 2.18 bits per heavy atom. The lowest BCUT2D eigenvalue weighted by Crippen LogP contribution is -2.35. The Morgan fingerprint density at radius 1 is 1.35 bits per heavy atom. The first kappa shape index (κ1) is 12.6. The van der Waals surface area contributed by atoms with Gasteiger partial charge in [-0.2, -0.15) is 0 Å². The van der Waals surface area contributed by atoms with Crippen LogP contribution in [0.15, 0.2) is 24.3 Å². The third-order valence-electron chi connectivity index (χ3n) is 3.89. The Hall–Kier alpha value is -0.860. The molecule has 1 fully saturated rings. The number of methoxy groups -OCH3 is 1. The van der Waals surface area contributed by atoms with Crippen molar-refractivity contribution in [3.63, 3.8) is 0 Å². The van der Waals surface area contributed by atoms with Gasteiger partial charge in [-0.25, -0.2) is 0 Å². The highest BCUT2D eigenvalue weighted by Crippen LogP contribution is 2.34. The van der Waals surface area contributed by atoms with E-state index in [2.05, 4.69) is 36.5 Å². The van der Waals surface area contributed by atoms with E-state index in [1.807, 2.05) is 0 Å². The quantitative estimate of drug-likeness (QED) is 0.863. The maximum Gasteiger partial charge on any atom is 0.0715 e. The van der Waals surface area contributed by atoms with Crippen molar-refractivity contribution in [1.29, 1.82) is 0 Å². The second-order valence-electron chi connectivity index (χ2n) is 4.90. The highest BCUT2D eigenvalue weighted by atomic mass is 16.5. The van der Waals surface area contributed by atoms with E-state index in [0.717, 1.165) is 25.6 Å². The third kappa shape index (κ3) is 2.88. The molecule has 1 aliphatic rings. The minimum Gasteiger partial charge on any atom is -0.380 e. The van der Waals surface area contributed by atoms with Crippen LogP contribution >= 0.6 is 0 Å². The van der Waals surface area contributed by atoms with Crippen molar-refractivity contribution in [3.8, 4) is 0 Å². The van der Waals surface area contributed by atoms with Gasteiger partial charge in [-0.05, 0) is 42.5 Å². The first-order chi connectivity index (χ1) is 8.36. The molecule has 2 heteroatoms. The number of hydrogen-bond acceptors (Lipinski definition) is 2. The maximum absolute atomic E-state index is 5.31. The average molecular weight is 233 g/mol. The summed E-state index contributed by atoms with van der Waals surface area (Å²) < 4.78 is 5.31. The second-order valence-corrected chi connectivity index (χ2v) is 4.90.